The number of sulfonamides is 1. The van der Waals surface area contributed by atoms with E-state index in [1.165, 1.54) is 4.31 Å². The van der Waals surface area contributed by atoms with Gasteiger partial charge in [-0.15, -0.1) is 13.2 Å². The minimum atomic E-state index is -4.83. The normalized spacial score (nSPS) is 14.0. The summed E-state index contributed by atoms with van der Waals surface area (Å²) in [4.78, 5) is 3.89. The van der Waals surface area contributed by atoms with Crippen molar-refractivity contribution in [1.29, 1.82) is 0 Å². The third kappa shape index (κ3) is 3.91. The highest BCUT2D eigenvalue weighted by Gasteiger charge is 2.33. The fraction of sp³-hybridized carbons (Fsp3) is 0.150. The van der Waals surface area contributed by atoms with Gasteiger partial charge in [0.15, 0.2) is 0 Å². The molecule has 0 saturated heterocycles. The Morgan fingerprint density at radius 3 is 2.28 bits per heavy atom. The number of hydrogen-bond donors (Lipinski definition) is 0. The first kappa shape index (κ1) is 19.3. The fourth-order valence-corrected chi connectivity index (χ4v) is 4.79. The molecule has 29 heavy (non-hydrogen) atoms. The van der Waals surface area contributed by atoms with Gasteiger partial charge in [-0.25, -0.2) is 8.42 Å². The predicted molar refractivity (Wildman–Crippen MR) is 101 cm³/mol. The topological polar surface area (TPSA) is 59.5 Å². The van der Waals surface area contributed by atoms with Gasteiger partial charge in [-0.05, 0) is 71.6 Å². The molecule has 1 aromatic heterocycles. The molecule has 0 N–H and O–H groups in total. The maximum Gasteiger partial charge on any atom is 0.573 e. The summed E-state index contributed by atoms with van der Waals surface area (Å²) in [6, 6.07) is 13.5. The van der Waals surface area contributed by atoms with Crippen molar-refractivity contribution in [2.24, 2.45) is 0 Å². The van der Waals surface area contributed by atoms with Gasteiger partial charge >= 0.3 is 6.36 Å². The minimum absolute atomic E-state index is 0.0990. The van der Waals surface area contributed by atoms with Crippen LogP contribution < -0.4 is 9.04 Å². The molecule has 2 heterocycles. The third-order valence-electron chi connectivity index (χ3n) is 4.59. The number of hydrogen-bond acceptors (Lipinski definition) is 4. The number of nitrogens with zero attached hydrogens (tertiary/aromatic N) is 2. The monoisotopic (exact) mass is 420 g/mol. The Bertz CT molecular complexity index is 1130. The van der Waals surface area contributed by atoms with Gasteiger partial charge < -0.3 is 4.74 Å². The number of alkyl halides is 3. The predicted octanol–water partition coefficient (Wildman–Crippen LogP) is 4.40. The molecule has 150 valence electrons. The van der Waals surface area contributed by atoms with Gasteiger partial charge in [0.1, 0.15) is 5.75 Å². The van der Waals surface area contributed by atoms with E-state index >= 15 is 0 Å². The van der Waals surface area contributed by atoms with Crippen LogP contribution in [0.4, 0.5) is 18.9 Å². The van der Waals surface area contributed by atoms with Crippen LogP contribution in [0.1, 0.15) is 5.56 Å². The Balaban J connectivity index is 1.62. The first-order valence-electron chi connectivity index (χ1n) is 8.66. The van der Waals surface area contributed by atoms with Crippen LogP contribution >= 0.6 is 0 Å². The number of aromatic nitrogens is 1. The van der Waals surface area contributed by atoms with Gasteiger partial charge in [0.05, 0.1) is 10.6 Å². The molecule has 0 unspecified atom stereocenters. The number of pyridine rings is 1. The molecular weight excluding hydrogens is 405 g/mol. The van der Waals surface area contributed by atoms with E-state index in [1.807, 2.05) is 24.3 Å². The van der Waals surface area contributed by atoms with Crippen molar-refractivity contribution >= 4 is 15.7 Å². The van der Waals surface area contributed by atoms with Crippen LogP contribution in [0, 0.1) is 0 Å². The lowest BCUT2D eigenvalue weighted by molar-refractivity contribution is -0.274. The van der Waals surface area contributed by atoms with E-state index in [0.717, 1.165) is 41.0 Å². The molecule has 0 amide bonds. The summed E-state index contributed by atoms with van der Waals surface area (Å²) in [5.41, 5.74) is 3.39. The van der Waals surface area contributed by atoms with E-state index in [1.54, 1.807) is 18.5 Å². The lowest BCUT2D eigenvalue weighted by Crippen LogP contribution is -2.29. The molecule has 0 aliphatic carbocycles. The average Bonchev–Trinajstić information content (AvgIpc) is 3.12. The molecule has 0 fully saturated rings. The van der Waals surface area contributed by atoms with Crippen LogP contribution in [0.25, 0.3) is 11.1 Å². The Morgan fingerprint density at radius 2 is 1.62 bits per heavy atom. The second-order valence-electron chi connectivity index (χ2n) is 6.43. The summed E-state index contributed by atoms with van der Waals surface area (Å²) in [5.74, 6) is -0.472. The van der Waals surface area contributed by atoms with Crippen LogP contribution in [0.2, 0.25) is 0 Å². The molecule has 3 aromatic rings. The maximum absolute atomic E-state index is 13.0. The van der Waals surface area contributed by atoms with Crippen molar-refractivity contribution in [3.63, 3.8) is 0 Å². The third-order valence-corrected chi connectivity index (χ3v) is 6.42. The van der Waals surface area contributed by atoms with Gasteiger partial charge in [-0.1, -0.05) is 6.07 Å². The van der Waals surface area contributed by atoms with Crippen LogP contribution in [0.3, 0.4) is 0 Å². The number of anilines is 1. The van der Waals surface area contributed by atoms with Gasteiger partial charge in [-0.2, -0.15) is 0 Å². The van der Waals surface area contributed by atoms with E-state index in [-0.39, 0.29) is 11.4 Å². The highest BCUT2D eigenvalue weighted by atomic mass is 32.2. The van der Waals surface area contributed by atoms with E-state index in [0.29, 0.717) is 12.1 Å². The zero-order chi connectivity index (χ0) is 20.6. The summed E-state index contributed by atoms with van der Waals surface area (Å²) in [7, 11) is -3.90. The number of rotatable bonds is 4. The summed E-state index contributed by atoms with van der Waals surface area (Å²) in [6.45, 7) is 0.262. The molecule has 9 heteroatoms. The lowest BCUT2D eigenvalue weighted by atomic mass is 10.0. The van der Waals surface area contributed by atoms with Crippen molar-refractivity contribution < 1.29 is 26.3 Å². The molecule has 1 aliphatic rings. The van der Waals surface area contributed by atoms with E-state index in [2.05, 4.69) is 9.72 Å². The number of benzene rings is 2. The molecule has 2 aromatic carbocycles. The van der Waals surface area contributed by atoms with Gasteiger partial charge in [-0.3, -0.25) is 9.29 Å². The summed E-state index contributed by atoms with van der Waals surface area (Å²) in [6.07, 6.45) is -0.916. The average molecular weight is 420 g/mol. The molecule has 0 saturated carbocycles. The van der Waals surface area contributed by atoms with Crippen LogP contribution in [0.15, 0.2) is 71.9 Å². The van der Waals surface area contributed by atoms with Gasteiger partial charge in [0.2, 0.25) is 0 Å². The number of halogens is 3. The Morgan fingerprint density at radius 1 is 0.931 bits per heavy atom. The van der Waals surface area contributed by atoms with E-state index in [9.17, 15) is 21.6 Å². The SMILES string of the molecule is O=S(=O)(c1ccc(OC(F)(F)F)cc1)N1CCc2cc(-c3ccncc3)ccc21. The van der Waals surface area contributed by atoms with Crippen LogP contribution in [-0.2, 0) is 16.4 Å². The standard InChI is InChI=1S/C20H15F3N2O3S/c21-20(22,23)28-17-2-4-18(5-3-17)29(26,27)25-12-9-16-13-15(1-6-19(16)25)14-7-10-24-11-8-14/h1-8,10-11,13H,9,12H2. The van der Waals surface area contributed by atoms with Crippen molar-refractivity contribution in [1.82, 2.24) is 4.98 Å². The summed E-state index contributed by atoms with van der Waals surface area (Å²) in [5, 5.41) is 0. The Kier molecular flexibility index (Phi) is 4.70. The molecule has 0 bridgehead atoms. The molecular formula is C20H15F3N2O3S. The second-order valence-corrected chi connectivity index (χ2v) is 8.29. The quantitative estimate of drug-likeness (QED) is 0.628. The maximum atomic E-state index is 13.0. The summed E-state index contributed by atoms with van der Waals surface area (Å²) >= 11 is 0. The highest BCUT2D eigenvalue weighted by molar-refractivity contribution is 7.92. The van der Waals surface area contributed by atoms with Crippen LogP contribution in [0.5, 0.6) is 5.75 Å². The largest absolute Gasteiger partial charge is 0.573 e. The lowest BCUT2D eigenvalue weighted by Gasteiger charge is -2.20. The first-order chi connectivity index (χ1) is 13.7. The van der Waals surface area contributed by atoms with Crippen molar-refractivity contribution in [2.75, 3.05) is 10.8 Å². The Hall–Kier alpha value is -3.07. The Labute approximate surface area is 165 Å². The van der Waals surface area contributed by atoms with Crippen molar-refractivity contribution in [2.45, 2.75) is 17.7 Å². The fourth-order valence-electron chi connectivity index (χ4n) is 3.29. The smallest absolute Gasteiger partial charge is 0.406 e. The number of ether oxygens (including phenoxy) is 1. The van der Waals surface area contributed by atoms with Gasteiger partial charge in [0, 0.05) is 18.9 Å². The molecule has 0 atom stereocenters. The highest BCUT2D eigenvalue weighted by Crippen LogP contribution is 2.36. The minimum Gasteiger partial charge on any atom is -0.406 e. The van der Waals surface area contributed by atoms with Crippen LogP contribution in [-0.4, -0.2) is 26.3 Å². The van der Waals surface area contributed by atoms with Crippen molar-refractivity contribution in [3.05, 3.63) is 72.6 Å². The molecule has 0 spiro atoms. The molecule has 1 aliphatic heterocycles. The van der Waals surface area contributed by atoms with E-state index < -0.39 is 22.1 Å². The number of fused-ring (bicyclic) bond motifs is 1. The molecule has 5 nitrogen and oxygen atoms in total. The second kappa shape index (κ2) is 7.07. The first-order valence-corrected chi connectivity index (χ1v) is 10.1. The molecule has 4 rings (SSSR count). The molecule has 0 radical (unpaired) electrons. The summed E-state index contributed by atoms with van der Waals surface area (Å²) < 4.78 is 67.9. The zero-order valence-electron chi connectivity index (χ0n) is 14.9. The van der Waals surface area contributed by atoms with E-state index in [4.69, 9.17) is 0 Å². The van der Waals surface area contributed by atoms with Crippen molar-refractivity contribution in [3.8, 4) is 16.9 Å². The zero-order valence-corrected chi connectivity index (χ0v) is 15.7. The van der Waals surface area contributed by atoms with Gasteiger partial charge in [0.25, 0.3) is 10.0 Å².